The van der Waals surface area contributed by atoms with Gasteiger partial charge in [0, 0.05) is 42.4 Å². The lowest BCUT2D eigenvalue weighted by Gasteiger charge is -2.28. The highest BCUT2D eigenvalue weighted by atomic mass is 32.2. The summed E-state index contributed by atoms with van der Waals surface area (Å²) in [7, 11) is 0. The monoisotopic (exact) mass is 276 g/mol. The van der Waals surface area contributed by atoms with Crippen molar-refractivity contribution >= 4 is 29.0 Å². The number of amides is 1. The second kappa shape index (κ2) is 7.24. The summed E-state index contributed by atoms with van der Waals surface area (Å²) in [6.45, 7) is 5.83. The number of benzene rings is 1. The van der Waals surface area contributed by atoms with Gasteiger partial charge >= 0.3 is 0 Å². The summed E-state index contributed by atoms with van der Waals surface area (Å²) in [6, 6.07) is 8.12. The Labute approximate surface area is 119 Å². The molecule has 0 bridgehead atoms. The molecular weight excluding hydrogens is 256 g/mol. The van der Waals surface area contributed by atoms with Crippen molar-refractivity contribution in [3.8, 4) is 0 Å². The highest BCUT2D eigenvalue weighted by Gasteiger charge is 2.10. The molecule has 1 amide bonds. The van der Waals surface area contributed by atoms with Crippen LogP contribution in [-0.4, -0.2) is 30.5 Å². The maximum Gasteiger partial charge on any atom is 0.224 e. The quantitative estimate of drug-likeness (QED) is 0.839. The van der Waals surface area contributed by atoms with Crippen molar-refractivity contribution in [2.45, 2.75) is 12.8 Å². The molecule has 0 aromatic heterocycles. The van der Waals surface area contributed by atoms with E-state index in [9.17, 15) is 4.79 Å². The molecule has 1 saturated heterocycles. The molecule has 1 N–H and O–H groups in total. The smallest absolute Gasteiger partial charge is 0.224 e. The third kappa shape index (κ3) is 4.31. The molecule has 0 aliphatic carbocycles. The van der Waals surface area contributed by atoms with Crippen LogP contribution in [0.1, 0.15) is 12.8 Å². The number of carbonyl (C=O) groups is 1. The minimum atomic E-state index is 0.0435. The predicted molar refractivity (Wildman–Crippen MR) is 84.0 cm³/mol. The van der Waals surface area contributed by atoms with E-state index >= 15 is 0 Å². The molecule has 1 aromatic carbocycles. The van der Waals surface area contributed by atoms with Gasteiger partial charge in [-0.05, 0) is 30.7 Å². The number of hydrogen-bond acceptors (Lipinski definition) is 3. The number of carbonyl (C=O) groups excluding carboxylic acids is 1. The summed E-state index contributed by atoms with van der Waals surface area (Å²) in [6.07, 6.45) is 2.97. The number of allylic oxidation sites excluding steroid dienone is 1. The lowest BCUT2D eigenvalue weighted by molar-refractivity contribution is -0.116. The van der Waals surface area contributed by atoms with Crippen LogP contribution in [0.25, 0.3) is 0 Å². The normalized spacial score (nSPS) is 15.1. The van der Waals surface area contributed by atoms with Crippen molar-refractivity contribution < 1.29 is 4.79 Å². The fourth-order valence-corrected chi connectivity index (χ4v) is 2.94. The van der Waals surface area contributed by atoms with E-state index in [1.165, 1.54) is 17.2 Å². The standard InChI is InChI=1S/C15H20N2OS/c1-2-3-4-15(18)16-13-5-7-14(8-6-13)17-9-11-19-12-10-17/h2,5-8H,1,3-4,9-12H2,(H,16,18). The van der Waals surface area contributed by atoms with Gasteiger partial charge in [-0.2, -0.15) is 11.8 Å². The van der Waals surface area contributed by atoms with Crippen LogP contribution in [0.3, 0.4) is 0 Å². The van der Waals surface area contributed by atoms with Gasteiger partial charge in [0.2, 0.25) is 5.91 Å². The molecule has 3 nitrogen and oxygen atoms in total. The van der Waals surface area contributed by atoms with Crippen LogP contribution in [0.5, 0.6) is 0 Å². The molecule has 4 heteroatoms. The largest absolute Gasteiger partial charge is 0.370 e. The molecule has 1 aromatic rings. The van der Waals surface area contributed by atoms with Crippen molar-refractivity contribution in [3.05, 3.63) is 36.9 Å². The zero-order valence-corrected chi connectivity index (χ0v) is 11.9. The Kier molecular flexibility index (Phi) is 5.33. The van der Waals surface area contributed by atoms with Crippen LogP contribution < -0.4 is 10.2 Å². The van der Waals surface area contributed by atoms with Crippen LogP contribution in [0.2, 0.25) is 0 Å². The van der Waals surface area contributed by atoms with Gasteiger partial charge in [-0.1, -0.05) is 6.08 Å². The first-order chi connectivity index (χ1) is 9.29. The maximum absolute atomic E-state index is 11.6. The number of rotatable bonds is 5. The Morgan fingerprint density at radius 2 is 2.00 bits per heavy atom. The van der Waals surface area contributed by atoms with E-state index in [4.69, 9.17) is 0 Å². The Bertz CT molecular complexity index is 424. The van der Waals surface area contributed by atoms with Gasteiger partial charge < -0.3 is 10.2 Å². The molecule has 102 valence electrons. The third-order valence-corrected chi connectivity index (χ3v) is 4.05. The van der Waals surface area contributed by atoms with Crippen molar-refractivity contribution in [3.63, 3.8) is 0 Å². The first kappa shape index (κ1) is 14.0. The SMILES string of the molecule is C=CCCC(=O)Nc1ccc(N2CCSCC2)cc1. The van der Waals surface area contributed by atoms with Crippen LogP contribution >= 0.6 is 11.8 Å². The average Bonchev–Trinajstić information content (AvgIpc) is 2.47. The van der Waals surface area contributed by atoms with Gasteiger partial charge in [-0.25, -0.2) is 0 Å². The molecule has 0 radical (unpaired) electrons. The Morgan fingerprint density at radius 3 is 2.63 bits per heavy atom. The minimum Gasteiger partial charge on any atom is -0.370 e. The van der Waals surface area contributed by atoms with Crippen LogP contribution in [0, 0.1) is 0 Å². The molecule has 2 rings (SSSR count). The number of hydrogen-bond donors (Lipinski definition) is 1. The highest BCUT2D eigenvalue weighted by molar-refractivity contribution is 7.99. The van der Waals surface area contributed by atoms with Crippen LogP contribution in [0.4, 0.5) is 11.4 Å². The van der Waals surface area contributed by atoms with Gasteiger partial charge in [0.05, 0.1) is 0 Å². The van der Waals surface area contributed by atoms with Gasteiger partial charge in [-0.15, -0.1) is 6.58 Å². The summed E-state index contributed by atoms with van der Waals surface area (Å²) in [5.74, 6) is 2.43. The van der Waals surface area contributed by atoms with Crippen molar-refractivity contribution in [1.82, 2.24) is 0 Å². The third-order valence-electron chi connectivity index (χ3n) is 3.10. The van der Waals surface area contributed by atoms with Crippen molar-refractivity contribution in [2.75, 3.05) is 34.8 Å². The fraction of sp³-hybridized carbons (Fsp3) is 0.400. The van der Waals surface area contributed by atoms with Gasteiger partial charge in [0.1, 0.15) is 0 Å². The van der Waals surface area contributed by atoms with E-state index in [1.54, 1.807) is 6.08 Å². The fourth-order valence-electron chi connectivity index (χ4n) is 2.03. The second-order valence-corrected chi connectivity index (χ2v) is 5.75. The topological polar surface area (TPSA) is 32.3 Å². The van der Waals surface area contributed by atoms with Gasteiger partial charge in [-0.3, -0.25) is 4.79 Å². The summed E-state index contributed by atoms with van der Waals surface area (Å²) in [4.78, 5) is 14.0. The molecular formula is C15H20N2OS. The molecule has 1 aliphatic rings. The molecule has 1 fully saturated rings. The van der Waals surface area contributed by atoms with E-state index in [0.29, 0.717) is 6.42 Å². The summed E-state index contributed by atoms with van der Waals surface area (Å²) < 4.78 is 0. The number of nitrogens with one attached hydrogen (secondary N) is 1. The van der Waals surface area contributed by atoms with Crippen molar-refractivity contribution in [2.24, 2.45) is 0 Å². The zero-order chi connectivity index (χ0) is 13.5. The summed E-state index contributed by atoms with van der Waals surface area (Å²) >= 11 is 2.01. The Balaban J connectivity index is 1.90. The molecule has 19 heavy (non-hydrogen) atoms. The van der Waals surface area contributed by atoms with E-state index in [0.717, 1.165) is 25.2 Å². The van der Waals surface area contributed by atoms with E-state index in [2.05, 4.69) is 28.9 Å². The number of thioether (sulfide) groups is 1. The van der Waals surface area contributed by atoms with Crippen LogP contribution in [-0.2, 0) is 4.79 Å². The molecule has 0 spiro atoms. The molecule has 0 unspecified atom stereocenters. The summed E-state index contributed by atoms with van der Waals surface area (Å²) in [5, 5.41) is 2.90. The Hall–Kier alpha value is -1.42. The first-order valence-electron chi connectivity index (χ1n) is 6.63. The lowest BCUT2D eigenvalue weighted by Crippen LogP contribution is -2.32. The molecule has 1 heterocycles. The molecule has 1 aliphatic heterocycles. The first-order valence-corrected chi connectivity index (χ1v) is 7.78. The van der Waals surface area contributed by atoms with Gasteiger partial charge in [0.15, 0.2) is 0 Å². The minimum absolute atomic E-state index is 0.0435. The van der Waals surface area contributed by atoms with Crippen LogP contribution in [0.15, 0.2) is 36.9 Å². The lowest BCUT2D eigenvalue weighted by atomic mass is 10.2. The van der Waals surface area contributed by atoms with E-state index in [1.807, 2.05) is 23.9 Å². The Morgan fingerprint density at radius 1 is 1.32 bits per heavy atom. The highest BCUT2D eigenvalue weighted by Crippen LogP contribution is 2.21. The molecule has 0 saturated carbocycles. The number of anilines is 2. The van der Waals surface area contributed by atoms with Crippen molar-refractivity contribution in [1.29, 1.82) is 0 Å². The van der Waals surface area contributed by atoms with E-state index in [-0.39, 0.29) is 5.91 Å². The second-order valence-electron chi connectivity index (χ2n) is 4.52. The zero-order valence-electron chi connectivity index (χ0n) is 11.1. The predicted octanol–water partition coefficient (Wildman–Crippen LogP) is 3.14. The van der Waals surface area contributed by atoms with E-state index < -0.39 is 0 Å². The average molecular weight is 276 g/mol. The molecule has 0 atom stereocenters. The van der Waals surface area contributed by atoms with Gasteiger partial charge in [0.25, 0.3) is 0 Å². The number of nitrogens with zero attached hydrogens (tertiary/aromatic N) is 1. The summed E-state index contributed by atoms with van der Waals surface area (Å²) in [5.41, 5.74) is 2.11. The maximum atomic E-state index is 11.6.